The highest BCUT2D eigenvalue weighted by Gasteiger charge is 2.37. The Balaban J connectivity index is 2.24. The Kier molecular flexibility index (Phi) is 3.41. The van der Waals surface area contributed by atoms with E-state index in [4.69, 9.17) is 0 Å². The molecule has 0 radical (unpaired) electrons. The molecule has 0 aliphatic heterocycles. The Bertz CT molecular complexity index is 564. The van der Waals surface area contributed by atoms with Gasteiger partial charge in [-0.25, -0.2) is 13.4 Å². The van der Waals surface area contributed by atoms with Crippen LogP contribution in [0.2, 0.25) is 0 Å². The maximum atomic E-state index is 12.1. The van der Waals surface area contributed by atoms with Gasteiger partial charge < -0.3 is 4.57 Å². The van der Waals surface area contributed by atoms with Crippen LogP contribution in [-0.2, 0) is 17.1 Å². The van der Waals surface area contributed by atoms with E-state index in [-0.39, 0.29) is 5.03 Å². The van der Waals surface area contributed by atoms with Gasteiger partial charge in [0.05, 0.1) is 12.4 Å². The fourth-order valence-corrected chi connectivity index (χ4v) is 3.59. The largest absolute Gasteiger partial charge is 0.339 e. The summed E-state index contributed by atoms with van der Waals surface area (Å²) in [7, 11) is -2.01. The number of hydrogen-bond acceptors (Lipinski definition) is 4. The van der Waals surface area contributed by atoms with Gasteiger partial charge in [-0.05, 0) is 12.8 Å². The van der Waals surface area contributed by atoms with E-state index in [0.717, 1.165) is 19.3 Å². The number of hydrogen-bond donors (Lipinski definition) is 1. The van der Waals surface area contributed by atoms with Gasteiger partial charge in [-0.1, -0.05) is 19.3 Å². The molecule has 6 nitrogen and oxygen atoms in total. The number of aryl methyl sites for hydroxylation is 1. The second kappa shape index (κ2) is 4.71. The van der Waals surface area contributed by atoms with Gasteiger partial charge in [-0.2, -0.15) is 9.98 Å². The Labute approximate surface area is 107 Å². The Hall–Kier alpha value is -1.39. The predicted molar refractivity (Wildman–Crippen MR) is 65.0 cm³/mol. The standard InChI is InChI=1S/C11H16N4O2S/c1-15-7-10(13-9-15)18(16,17)14-11(8-12)5-3-2-4-6-11/h7,9,14H,2-6H2,1H3. The molecule has 0 aromatic carbocycles. The van der Waals surface area contributed by atoms with Crippen molar-refractivity contribution in [2.45, 2.75) is 42.7 Å². The lowest BCUT2D eigenvalue weighted by Gasteiger charge is -2.30. The minimum absolute atomic E-state index is 0.0369. The molecule has 0 atom stereocenters. The van der Waals surface area contributed by atoms with Crippen LogP contribution in [0, 0.1) is 11.3 Å². The fraction of sp³-hybridized carbons (Fsp3) is 0.636. The number of nitrogens with one attached hydrogen (secondary N) is 1. The van der Waals surface area contributed by atoms with Crippen LogP contribution in [-0.4, -0.2) is 23.5 Å². The summed E-state index contributed by atoms with van der Waals surface area (Å²) in [5, 5.41) is 9.22. The second-order valence-electron chi connectivity index (χ2n) is 4.74. The van der Waals surface area contributed by atoms with Gasteiger partial charge >= 0.3 is 0 Å². The van der Waals surface area contributed by atoms with Crippen molar-refractivity contribution in [2.75, 3.05) is 0 Å². The van der Waals surface area contributed by atoms with Crippen LogP contribution in [0.15, 0.2) is 17.6 Å². The molecule has 0 unspecified atom stereocenters. The van der Waals surface area contributed by atoms with Gasteiger partial charge in [0, 0.05) is 13.2 Å². The number of imidazole rings is 1. The summed E-state index contributed by atoms with van der Waals surface area (Å²) in [6.45, 7) is 0. The van der Waals surface area contributed by atoms with Crippen molar-refractivity contribution in [2.24, 2.45) is 7.05 Å². The highest BCUT2D eigenvalue weighted by Crippen LogP contribution is 2.29. The Morgan fingerprint density at radius 1 is 1.44 bits per heavy atom. The van der Waals surface area contributed by atoms with Crippen LogP contribution in [0.3, 0.4) is 0 Å². The lowest BCUT2D eigenvalue weighted by molar-refractivity contribution is 0.337. The zero-order valence-electron chi connectivity index (χ0n) is 10.3. The van der Waals surface area contributed by atoms with Gasteiger partial charge in [-0.15, -0.1) is 0 Å². The Morgan fingerprint density at radius 3 is 2.61 bits per heavy atom. The molecule has 2 rings (SSSR count). The summed E-state index contributed by atoms with van der Waals surface area (Å²) in [5.41, 5.74) is -0.964. The molecule has 0 saturated heterocycles. The SMILES string of the molecule is Cn1cnc(S(=O)(=O)NC2(C#N)CCCCC2)c1. The number of nitrogens with zero attached hydrogens (tertiary/aromatic N) is 3. The summed E-state index contributed by atoms with van der Waals surface area (Å²) in [5.74, 6) is 0. The van der Waals surface area contributed by atoms with Crippen molar-refractivity contribution in [3.8, 4) is 6.07 Å². The third kappa shape index (κ3) is 2.54. The minimum Gasteiger partial charge on any atom is -0.339 e. The van der Waals surface area contributed by atoms with E-state index < -0.39 is 15.6 Å². The normalized spacial score (nSPS) is 19.3. The molecule has 1 heterocycles. The summed E-state index contributed by atoms with van der Waals surface area (Å²) in [4.78, 5) is 3.82. The smallest absolute Gasteiger partial charge is 0.260 e. The highest BCUT2D eigenvalue weighted by atomic mass is 32.2. The van der Waals surface area contributed by atoms with E-state index in [1.165, 1.54) is 12.5 Å². The van der Waals surface area contributed by atoms with Crippen molar-refractivity contribution < 1.29 is 8.42 Å². The topological polar surface area (TPSA) is 87.8 Å². The van der Waals surface area contributed by atoms with Crippen LogP contribution >= 0.6 is 0 Å². The van der Waals surface area contributed by atoms with Crippen LogP contribution < -0.4 is 4.72 Å². The van der Waals surface area contributed by atoms with E-state index in [2.05, 4.69) is 15.8 Å². The Morgan fingerprint density at radius 2 is 2.11 bits per heavy atom. The second-order valence-corrected chi connectivity index (χ2v) is 6.37. The first-order chi connectivity index (χ1) is 8.47. The summed E-state index contributed by atoms with van der Waals surface area (Å²) < 4.78 is 28.4. The molecule has 1 N–H and O–H groups in total. The maximum Gasteiger partial charge on any atom is 0.260 e. The van der Waals surface area contributed by atoms with E-state index >= 15 is 0 Å². The van der Waals surface area contributed by atoms with Crippen LogP contribution in [0.4, 0.5) is 0 Å². The first-order valence-corrected chi connectivity index (χ1v) is 7.39. The molecule has 0 spiro atoms. The maximum absolute atomic E-state index is 12.1. The molecule has 7 heteroatoms. The minimum atomic E-state index is -3.71. The zero-order valence-corrected chi connectivity index (χ0v) is 11.1. The molecule has 1 aliphatic carbocycles. The number of nitriles is 1. The van der Waals surface area contributed by atoms with Gasteiger partial charge in [0.2, 0.25) is 0 Å². The van der Waals surface area contributed by atoms with Crippen molar-refractivity contribution in [1.29, 1.82) is 5.26 Å². The molecule has 1 fully saturated rings. The molecular weight excluding hydrogens is 252 g/mol. The van der Waals surface area contributed by atoms with Crippen LogP contribution in [0.25, 0.3) is 0 Å². The van der Waals surface area contributed by atoms with Crippen molar-refractivity contribution in [1.82, 2.24) is 14.3 Å². The van der Waals surface area contributed by atoms with Crippen LogP contribution in [0.1, 0.15) is 32.1 Å². The van der Waals surface area contributed by atoms with Gasteiger partial charge in [0.25, 0.3) is 10.0 Å². The van der Waals surface area contributed by atoms with Gasteiger partial charge in [-0.3, -0.25) is 0 Å². The zero-order chi connectivity index (χ0) is 13.2. The molecule has 98 valence electrons. The van der Waals surface area contributed by atoms with Crippen molar-refractivity contribution in [3.63, 3.8) is 0 Å². The molecule has 0 amide bonds. The van der Waals surface area contributed by atoms with Gasteiger partial charge in [0.15, 0.2) is 5.03 Å². The molecular formula is C11H16N4O2S. The van der Waals surface area contributed by atoms with E-state index in [0.29, 0.717) is 12.8 Å². The molecule has 0 bridgehead atoms. The van der Waals surface area contributed by atoms with Crippen LogP contribution in [0.5, 0.6) is 0 Å². The van der Waals surface area contributed by atoms with E-state index in [9.17, 15) is 13.7 Å². The number of sulfonamides is 1. The quantitative estimate of drug-likeness (QED) is 0.883. The predicted octanol–water partition coefficient (Wildman–Crippen LogP) is 0.925. The fourth-order valence-electron chi connectivity index (χ4n) is 2.23. The van der Waals surface area contributed by atoms with Gasteiger partial charge in [0.1, 0.15) is 5.54 Å². The average molecular weight is 268 g/mol. The van der Waals surface area contributed by atoms with Crippen molar-refractivity contribution in [3.05, 3.63) is 12.5 Å². The van der Waals surface area contributed by atoms with Crippen molar-refractivity contribution >= 4 is 10.0 Å². The monoisotopic (exact) mass is 268 g/mol. The molecule has 1 aromatic heterocycles. The van der Waals surface area contributed by atoms with E-state index in [1.54, 1.807) is 11.6 Å². The third-order valence-electron chi connectivity index (χ3n) is 3.21. The first kappa shape index (κ1) is 13.1. The first-order valence-electron chi connectivity index (χ1n) is 5.91. The third-order valence-corrected chi connectivity index (χ3v) is 4.63. The lowest BCUT2D eigenvalue weighted by atomic mass is 9.84. The molecule has 1 aromatic rings. The molecule has 1 saturated carbocycles. The highest BCUT2D eigenvalue weighted by molar-refractivity contribution is 7.89. The number of aromatic nitrogens is 2. The summed E-state index contributed by atoms with van der Waals surface area (Å²) >= 11 is 0. The summed E-state index contributed by atoms with van der Waals surface area (Å²) in [6.07, 6.45) is 6.78. The average Bonchev–Trinajstić information content (AvgIpc) is 2.77. The van der Waals surface area contributed by atoms with E-state index in [1.807, 2.05) is 0 Å². The number of rotatable bonds is 3. The molecule has 1 aliphatic rings. The molecule has 18 heavy (non-hydrogen) atoms. The lowest BCUT2D eigenvalue weighted by Crippen LogP contribution is -2.48. The summed E-state index contributed by atoms with van der Waals surface area (Å²) in [6, 6.07) is 2.13.